The van der Waals surface area contributed by atoms with Crippen molar-refractivity contribution in [1.29, 1.82) is 0 Å². The summed E-state index contributed by atoms with van der Waals surface area (Å²) in [6.07, 6.45) is 0. The first kappa shape index (κ1) is 14.5. The van der Waals surface area contributed by atoms with E-state index in [0.29, 0.717) is 17.9 Å². The molecule has 0 fully saturated rings. The summed E-state index contributed by atoms with van der Waals surface area (Å²) >= 11 is 7.74. The molecule has 3 aromatic rings. The van der Waals surface area contributed by atoms with Gasteiger partial charge >= 0.3 is 0 Å². The number of imidazole rings is 1. The van der Waals surface area contributed by atoms with Gasteiger partial charge in [0, 0.05) is 0 Å². The topological polar surface area (TPSA) is 17.8 Å². The maximum atomic E-state index is 14.2. The van der Waals surface area contributed by atoms with Crippen LogP contribution in [-0.2, 0) is 6.54 Å². The van der Waals surface area contributed by atoms with Gasteiger partial charge in [0.2, 0.25) is 0 Å². The van der Waals surface area contributed by atoms with Gasteiger partial charge in [-0.1, -0.05) is 0 Å². The maximum Gasteiger partial charge on any atom is 0.184 e. The average Bonchev–Trinajstić information content (AvgIpc) is 3.00. The monoisotopic (exact) mass is 326 g/mol. The first-order valence-electron chi connectivity index (χ1n) is 6.49. The summed E-state index contributed by atoms with van der Waals surface area (Å²) in [6.45, 7) is 4.19. The van der Waals surface area contributed by atoms with Gasteiger partial charge in [0.15, 0.2) is 11.6 Å². The van der Waals surface area contributed by atoms with Crippen LogP contribution < -0.4 is 0 Å². The Morgan fingerprint density at radius 3 is 2.71 bits per heavy atom. The van der Waals surface area contributed by atoms with E-state index in [0.717, 1.165) is 17.2 Å². The number of thiophene rings is 1. The van der Waals surface area contributed by atoms with E-state index in [9.17, 15) is 8.78 Å². The van der Waals surface area contributed by atoms with Gasteiger partial charge in [-0.3, -0.25) is 0 Å². The first-order chi connectivity index (χ1) is 9.99. The Balaban J connectivity index is 2.25. The zero-order chi connectivity index (χ0) is 15.1. The van der Waals surface area contributed by atoms with E-state index in [1.54, 1.807) is 22.8 Å². The standard InChI is InChI=1S/C15H13ClF2N2S/c1-8-6-21-7-10(8)5-20-14-12(19-15(20)9(2)16)4-3-11(17)13(14)18/h3-4,6-7,9H,5H2,1-2H3. The van der Waals surface area contributed by atoms with Crippen LogP contribution in [-0.4, -0.2) is 9.55 Å². The molecule has 1 unspecified atom stereocenters. The van der Waals surface area contributed by atoms with Crippen molar-refractivity contribution in [3.05, 3.63) is 51.5 Å². The fourth-order valence-electron chi connectivity index (χ4n) is 2.36. The zero-order valence-corrected chi connectivity index (χ0v) is 13.1. The van der Waals surface area contributed by atoms with E-state index in [1.807, 2.05) is 17.7 Å². The molecule has 0 spiro atoms. The van der Waals surface area contributed by atoms with Crippen molar-refractivity contribution in [2.75, 3.05) is 0 Å². The van der Waals surface area contributed by atoms with E-state index in [2.05, 4.69) is 4.98 Å². The zero-order valence-electron chi connectivity index (χ0n) is 11.5. The van der Waals surface area contributed by atoms with Gasteiger partial charge in [-0.25, -0.2) is 13.8 Å². The molecule has 3 rings (SSSR count). The number of rotatable bonds is 3. The fourth-order valence-corrected chi connectivity index (χ4v) is 3.37. The van der Waals surface area contributed by atoms with Crippen LogP contribution in [0.3, 0.4) is 0 Å². The van der Waals surface area contributed by atoms with Crippen LogP contribution in [0.2, 0.25) is 0 Å². The second-order valence-electron chi connectivity index (χ2n) is 4.98. The fraction of sp³-hybridized carbons (Fsp3) is 0.267. The van der Waals surface area contributed by atoms with Crippen molar-refractivity contribution in [3.63, 3.8) is 0 Å². The summed E-state index contributed by atoms with van der Waals surface area (Å²) in [5.74, 6) is -1.21. The molecule has 0 saturated carbocycles. The van der Waals surface area contributed by atoms with E-state index in [-0.39, 0.29) is 10.9 Å². The molecule has 0 saturated heterocycles. The number of benzene rings is 1. The minimum atomic E-state index is -0.878. The van der Waals surface area contributed by atoms with E-state index < -0.39 is 11.6 Å². The van der Waals surface area contributed by atoms with Crippen LogP contribution in [0, 0.1) is 18.6 Å². The molecule has 0 N–H and O–H groups in total. The van der Waals surface area contributed by atoms with Crippen molar-refractivity contribution in [1.82, 2.24) is 9.55 Å². The lowest BCUT2D eigenvalue weighted by Gasteiger charge is -2.11. The predicted octanol–water partition coefficient (Wildman–Crippen LogP) is 5.03. The van der Waals surface area contributed by atoms with E-state index in [1.165, 1.54) is 6.07 Å². The molecular weight excluding hydrogens is 314 g/mol. The second-order valence-corrected chi connectivity index (χ2v) is 6.38. The van der Waals surface area contributed by atoms with Crippen LogP contribution >= 0.6 is 22.9 Å². The minimum absolute atomic E-state index is 0.170. The van der Waals surface area contributed by atoms with Gasteiger partial charge in [-0.05, 0) is 47.9 Å². The van der Waals surface area contributed by atoms with Crippen molar-refractivity contribution < 1.29 is 8.78 Å². The molecule has 0 aliphatic heterocycles. The van der Waals surface area contributed by atoms with E-state index in [4.69, 9.17) is 11.6 Å². The molecule has 110 valence electrons. The minimum Gasteiger partial charge on any atom is -0.320 e. The summed E-state index contributed by atoms with van der Waals surface area (Å²) in [5.41, 5.74) is 2.76. The Labute approximate surface area is 130 Å². The second kappa shape index (κ2) is 5.39. The lowest BCUT2D eigenvalue weighted by molar-refractivity contribution is 0.511. The summed E-state index contributed by atoms with van der Waals surface area (Å²) in [4.78, 5) is 4.35. The molecule has 2 aromatic heterocycles. The number of halogens is 3. The maximum absolute atomic E-state index is 14.2. The lowest BCUT2D eigenvalue weighted by Crippen LogP contribution is -2.07. The predicted molar refractivity (Wildman–Crippen MR) is 82.1 cm³/mol. The Morgan fingerprint density at radius 1 is 1.33 bits per heavy atom. The molecule has 0 aliphatic rings. The number of aryl methyl sites for hydroxylation is 1. The number of alkyl halides is 1. The van der Waals surface area contributed by atoms with Crippen molar-refractivity contribution >= 4 is 34.0 Å². The Hall–Kier alpha value is -1.46. The Morgan fingerprint density at radius 2 is 2.10 bits per heavy atom. The van der Waals surface area contributed by atoms with Crippen LogP contribution in [0.4, 0.5) is 8.78 Å². The van der Waals surface area contributed by atoms with Gasteiger partial charge in [-0.15, -0.1) is 11.6 Å². The van der Waals surface area contributed by atoms with Gasteiger partial charge in [0.25, 0.3) is 0 Å². The number of hydrogen-bond acceptors (Lipinski definition) is 2. The number of fused-ring (bicyclic) bond motifs is 1. The quantitative estimate of drug-likeness (QED) is 0.617. The summed E-state index contributed by atoms with van der Waals surface area (Å²) in [5, 5.41) is 3.63. The average molecular weight is 327 g/mol. The molecule has 0 bridgehead atoms. The highest BCUT2D eigenvalue weighted by Crippen LogP contribution is 2.29. The number of aromatic nitrogens is 2. The van der Waals surface area contributed by atoms with Crippen LogP contribution in [0.5, 0.6) is 0 Å². The highest BCUT2D eigenvalue weighted by atomic mass is 35.5. The lowest BCUT2D eigenvalue weighted by atomic mass is 10.2. The molecular formula is C15H13ClF2N2S. The van der Waals surface area contributed by atoms with Gasteiger partial charge in [0.1, 0.15) is 11.3 Å². The molecule has 6 heteroatoms. The van der Waals surface area contributed by atoms with Gasteiger partial charge < -0.3 is 4.57 Å². The van der Waals surface area contributed by atoms with Crippen molar-refractivity contribution in [3.8, 4) is 0 Å². The summed E-state index contributed by atoms with van der Waals surface area (Å²) in [6, 6.07) is 2.57. The smallest absolute Gasteiger partial charge is 0.184 e. The van der Waals surface area contributed by atoms with E-state index >= 15 is 0 Å². The summed E-state index contributed by atoms with van der Waals surface area (Å²) < 4.78 is 29.4. The third-order valence-corrected chi connectivity index (χ3v) is 4.58. The number of nitrogens with zero attached hydrogens (tertiary/aromatic N) is 2. The molecule has 2 heterocycles. The molecule has 2 nitrogen and oxygen atoms in total. The van der Waals surface area contributed by atoms with Gasteiger partial charge in [0.05, 0.1) is 17.4 Å². The van der Waals surface area contributed by atoms with Gasteiger partial charge in [-0.2, -0.15) is 11.3 Å². The molecule has 0 amide bonds. The van der Waals surface area contributed by atoms with Crippen LogP contribution in [0.15, 0.2) is 22.9 Å². The first-order valence-corrected chi connectivity index (χ1v) is 7.87. The van der Waals surface area contributed by atoms with Crippen LogP contribution in [0.1, 0.15) is 29.3 Å². The molecule has 1 aromatic carbocycles. The molecule has 1 atom stereocenters. The normalized spacial score (nSPS) is 13.0. The largest absolute Gasteiger partial charge is 0.320 e. The van der Waals surface area contributed by atoms with Crippen molar-refractivity contribution in [2.24, 2.45) is 0 Å². The highest BCUT2D eigenvalue weighted by Gasteiger charge is 2.20. The highest BCUT2D eigenvalue weighted by molar-refractivity contribution is 7.08. The van der Waals surface area contributed by atoms with Crippen molar-refractivity contribution in [2.45, 2.75) is 25.8 Å². The Bertz CT molecular complexity index is 807. The summed E-state index contributed by atoms with van der Waals surface area (Å²) in [7, 11) is 0. The Kier molecular flexibility index (Phi) is 3.71. The molecule has 21 heavy (non-hydrogen) atoms. The molecule has 0 radical (unpaired) electrons. The SMILES string of the molecule is Cc1cscc1Cn1c(C(C)Cl)nc2ccc(F)c(F)c21. The molecule has 0 aliphatic carbocycles. The van der Waals surface area contributed by atoms with Crippen LogP contribution in [0.25, 0.3) is 11.0 Å². The third-order valence-electron chi connectivity index (χ3n) is 3.48. The number of hydrogen-bond donors (Lipinski definition) is 0. The third kappa shape index (κ3) is 2.45.